The summed E-state index contributed by atoms with van der Waals surface area (Å²) in [5.74, 6) is 2.22. The summed E-state index contributed by atoms with van der Waals surface area (Å²) in [7, 11) is 0. The molecule has 108 valence electrons. The van der Waals surface area contributed by atoms with Crippen LogP contribution in [0.1, 0.15) is 10.4 Å². The highest BCUT2D eigenvalue weighted by Crippen LogP contribution is 2.26. The van der Waals surface area contributed by atoms with Gasteiger partial charge in [0.2, 0.25) is 5.89 Å². The average Bonchev–Trinajstić information content (AvgIpc) is 2.96. The van der Waals surface area contributed by atoms with Gasteiger partial charge in [0.15, 0.2) is 12.2 Å². The van der Waals surface area contributed by atoms with Gasteiger partial charge in [-0.05, 0) is 42.5 Å². The quantitative estimate of drug-likeness (QED) is 0.543. The van der Waals surface area contributed by atoms with Crippen molar-refractivity contribution in [3.8, 4) is 23.8 Å². The number of terminal acetylenes is 1. The zero-order chi connectivity index (χ0) is 15.5. The van der Waals surface area contributed by atoms with Gasteiger partial charge in [0.25, 0.3) is 0 Å². The van der Waals surface area contributed by atoms with Crippen LogP contribution in [0.25, 0.3) is 22.6 Å². The van der Waals surface area contributed by atoms with Crippen molar-refractivity contribution in [3.63, 3.8) is 0 Å². The van der Waals surface area contributed by atoms with Crippen LogP contribution in [0.15, 0.2) is 46.9 Å². The largest absolute Gasteiger partial charge is 0.449 e. The molecular weight excluding hydrogens is 302 g/mol. The zero-order valence-corrected chi connectivity index (χ0v) is 12.1. The number of halogens is 1. The Morgan fingerprint density at radius 3 is 2.77 bits per heavy atom. The molecule has 1 heterocycles. The van der Waals surface area contributed by atoms with E-state index < -0.39 is 5.97 Å². The van der Waals surface area contributed by atoms with Crippen molar-refractivity contribution in [2.45, 2.75) is 0 Å². The molecule has 0 aliphatic rings. The van der Waals surface area contributed by atoms with Gasteiger partial charge < -0.3 is 9.15 Å². The molecule has 1 aromatic heterocycles. The molecule has 4 nitrogen and oxygen atoms in total. The lowest BCUT2D eigenvalue weighted by molar-refractivity contribution is 0.0557. The Bertz CT molecular complexity index is 875. The van der Waals surface area contributed by atoms with Gasteiger partial charge in [0.1, 0.15) is 5.52 Å². The minimum atomic E-state index is -0.490. The number of fused-ring (bicyclic) bond motifs is 1. The summed E-state index contributed by atoms with van der Waals surface area (Å²) in [6, 6.07) is 12.0. The van der Waals surface area contributed by atoms with E-state index in [1.807, 2.05) is 12.1 Å². The Hall–Kier alpha value is -2.77. The third-order valence-corrected chi connectivity index (χ3v) is 3.25. The summed E-state index contributed by atoms with van der Waals surface area (Å²) < 4.78 is 10.6. The van der Waals surface area contributed by atoms with Crippen molar-refractivity contribution in [1.82, 2.24) is 4.98 Å². The summed E-state index contributed by atoms with van der Waals surface area (Å²) in [4.78, 5) is 16.1. The number of aromatic nitrogens is 1. The van der Waals surface area contributed by atoms with Gasteiger partial charge in [-0.15, -0.1) is 6.42 Å². The number of esters is 1. The monoisotopic (exact) mass is 311 g/mol. The SMILES string of the molecule is C#CCOC(=O)c1ccc2oc(-c3ccc(Cl)cc3)nc2c1. The van der Waals surface area contributed by atoms with E-state index in [4.69, 9.17) is 27.2 Å². The van der Waals surface area contributed by atoms with Crippen molar-refractivity contribution >= 4 is 28.7 Å². The van der Waals surface area contributed by atoms with Crippen LogP contribution in [0.3, 0.4) is 0 Å². The van der Waals surface area contributed by atoms with Gasteiger partial charge in [-0.1, -0.05) is 17.5 Å². The molecule has 3 aromatic rings. The first-order valence-corrected chi connectivity index (χ1v) is 6.82. The highest BCUT2D eigenvalue weighted by Gasteiger charge is 2.12. The highest BCUT2D eigenvalue weighted by molar-refractivity contribution is 6.30. The first kappa shape index (κ1) is 14.2. The molecule has 0 N–H and O–H groups in total. The van der Waals surface area contributed by atoms with E-state index in [9.17, 15) is 4.79 Å². The van der Waals surface area contributed by atoms with Crippen molar-refractivity contribution in [1.29, 1.82) is 0 Å². The molecule has 0 unspecified atom stereocenters. The minimum absolute atomic E-state index is 0.0638. The van der Waals surface area contributed by atoms with Gasteiger partial charge in [-0.25, -0.2) is 9.78 Å². The third kappa shape index (κ3) is 2.80. The first-order valence-electron chi connectivity index (χ1n) is 6.44. The van der Waals surface area contributed by atoms with Crippen LogP contribution in [0, 0.1) is 12.3 Å². The number of ether oxygens (including phenoxy) is 1. The normalized spacial score (nSPS) is 10.4. The minimum Gasteiger partial charge on any atom is -0.449 e. The van der Waals surface area contributed by atoms with Gasteiger partial charge in [0, 0.05) is 10.6 Å². The number of carbonyl (C=O) groups excluding carboxylic acids is 1. The number of hydrogen-bond acceptors (Lipinski definition) is 4. The molecule has 0 saturated heterocycles. The molecule has 0 fully saturated rings. The summed E-state index contributed by atoms with van der Waals surface area (Å²) in [5, 5.41) is 0.637. The number of carbonyl (C=O) groups is 1. The maximum Gasteiger partial charge on any atom is 0.339 e. The predicted molar refractivity (Wildman–Crippen MR) is 83.6 cm³/mol. The predicted octanol–water partition coefficient (Wildman–Crippen LogP) is 3.94. The second-order valence-corrected chi connectivity index (χ2v) is 4.93. The number of oxazole rings is 1. The second-order valence-electron chi connectivity index (χ2n) is 4.49. The van der Waals surface area contributed by atoms with Crippen molar-refractivity contribution in [2.24, 2.45) is 0 Å². The molecular formula is C17H10ClNO3. The average molecular weight is 312 g/mol. The van der Waals surface area contributed by atoms with E-state index in [0.717, 1.165) is 5.56 Å². The van der Waals surface area contributed by atoms with Crippen LogP contribution < -0.4 is 0 Å². The zero-order valence-electron chi connectivity index (χ0n) is 11.4. The first-order chi connectivity index (χ1) is 10.7. The highest BCUT2D eigenvalue weighted by atomic mass is 35.5. The summed E-state index contributed by atoms with van der Waals surface area (Å²) in [6.07, 6.45) is 5.06. The van der Waals surface area contributed by atoms with E-state index in [0.29, 0.717) is 27.6 Å². The van der Waals surface area contributed by atoms with E-state index in [1.165, 1.54) is 0 Å². The molecule has 0 aliphatic heterocycles. The van der Waals surface area contributed by atoms with Crippen LogP contribution in [0.2, 0.25) is 5.02 Å². The Morgan fingerprint density at radius 2 is 2.05 bits per heavy atom. The summed E-state index contributed by atoms with van der Waals surface area (Å²) in [5.41, 5.74) is 2.33. The van der Waals surface area contributed by atoms with Crippen LogP contribution >= 0.6 is 11.6 Å². The van der Waals surface area contributed by atoms with E-state index in [1.54, 1.807) is 30.3 Å². The number of hydrogen-bond donors (Lipinski definition) is 0. The maximum atomic E-state index is 11.8. The molecule has 0 atom stereocenters. The Balaban J connectivity index is 1.95. The lowest BCUT2D eigenvalue weighted by Gasteiger charge is -1.99. The van der Waals surface area contributed by atoms with E-state index >= 15 is 0 Å². The van der Waals surface area contributed by atoms with Crippen LogP contribution in [0.5, 0.6) is 0 Å². The molecule has 0 bridgehead atoms. The van der Waals surface area contributed by atoms with Crippen LogP contribution in [-0.2, 0) is 4.74 Å². The molecule has 0 amide bonds. The number of benzene rings is 2. The van der Waals surface area contributed by atoms with Crippen molar-refractivity contribution in [3.05, 3.63) is 53.1 Å². The molecule has 5 heteroatoms. The van der Waals surface area contributed by atoms with Gasteiger partial charge in [0.05, 0.1) is 5.56 Å². The Kier molecular flexibility index (Phi) is 3.82. The van der Waals surface area contributed by atoms with Gasteiger partial charge in [-0.3, -0.25) is 0 Å². The smallest absolute Gasteiger partial charge is 0.339 e. The molecule has 22 heavy (non-hydrogen) atoms. The topological polar surface area (TPSA) is 52.3 Å². The van der Waals surface area contributed by atoms with Crippen molar-refractivity contribution < 1.29 is 13.9 Å². The van der Waals surface area contributed by atoms with Gasteiger partial charge >= 0.3 is 5.97 Å². The number of rotatable bonds is 3. The van der Waals surface area contributed by atoms with Crippen LogP contribution in [-0.4, -0.2) is 17.6 Å². The molecule has 0 radical (unpaired) electrons. The summed E-state index contributed by atoms with van der Waals surface area (Å²) in [6.45, 7) is -0.0638. The maximum absolute atomic E-state index is 11.8. The summed E-state index contributed by atoms with van der Waals surface area (Å²) >= 11 is 5.86. The lowest BCUT2D eigenvalue weighted by atomic mass is 10.2. The third-order valence-electron chi connectivity index (χ3n) is 3.00. The molecule has 0 aliphatic carbocycles. The standard InChI is InChI=1S/C17H10ClNO3/c1-2-9-21-17(20)12-5-8-15-14(10-12)19-16(22-15)11-3-6-13(18)7-4-11/h1,3-8,10H,9H2. The van der Waals surface area contributed by atoms with E-state index in [2.05, 4.69) is 10.9 Å². The molecule has 0 saturated carbocycles. The molecule has 0 spiro atoms. The van der Waals surface area contributed by atoms with Crippen molar-refractivity contribution in [2.75, 3.05) is 6.61 Å². The van der Waals surface area contributed by atoms with Gasteiger partial charge in [-0.2, -0.15) is 0 Å². The Morgan fingerprint density at radius 1 is 1.27 bits per heavy atom. The Labute approximate surface area is 131 Å². The van der Waals surface area contributed by atoms with E-state index in [-0.39, 0.29) is 6.61 Å². The fraction of sp³-hybridized carbons (Fsp3) is 0.0588. The molecule has 2 aromatic carbocycles. The molecule has 3 rings (SSSR count). The lowest BCUT2D eigenvalue weighted by Crippen LogP contribution is -2.04. The second kappa shape index (κ2) is 5.92. The number of nitrogens with zero attached hydrogens (tertiary/aromatic N) is 1. The fourth-order valence-electron chi connectivity index (χ4n) is 1.96. The fourth-order valence-corrected chi connectivity index (χ4v) is 2.09. The van der Waals surface area contributed by atoms with Crippen LogP contribution in [0.4, 0.5) is 0 Å².